The van der Waals surface area contributed by atoms with Crippen LogP contribution in [-0.4, -0.2) is 35.0 Å². The van der Waals surface area contributed by atoms with E-state index in [1.54, 1.807) is 22.8 Å². The summed E-state index contributed by atoms with van der Waals surface area (Å²) in [6.07, 6.45) is 0. The van der Waals surface area contributed by atoms with Crippen molar-refractivity contribution in [1.82, 2.24) is 9.55 Å². The molecule has 0 N–H and O–H groups in total. The number of hydrogen-bond acceptors (Lipinski definition) is 6. The first kappa shape index (κ1) is 20.7. The van der Waals surface area contributed by atoms with Crippen molar-refractivity contribution in [3.63, 3.8) is 0 Å². The molecule has 0 fully saturated rings. The molecule has 156 valence electrons. The van der Waals surface area contributed by atoms with Crippen molar-refractivity contribution >= 4 is 28.6 Å². The number of ether oxygens (including phenoxy) is 2. The van der Waals surface area contributed by atoms with Gasteiger partial charge in [-0.2, -0.15) is 0 Å². The maximum absolute atomic E-state index is 13.3. The van der Waals surface area contributed by atoms with Gasteiger partial charge in [0, 0.05) is 5.75 Å². The molecular weight excluding hydrogens is 412 g/mol. The standard InChI is InChI=1S/C24H20N2O4S/c1-29-23(28)17-12-13-20-21(16-17)25-24(26(22(20)27)18-8-4-2-5-9-18)31-15-14-30-19-10-6-3-7-11-19/h2-13,16H,14-15H2,1H3. The van der Waals surface area contributed by atoms with Gasteiger partial charge < -0.3 is 9.47 Å². The Balaban J connectivity index is 1.69. The summed E-state index contributed by atoms with van der Waals surface area (Å²) in [7, 11) is 1.32. The van der Waals surface area contributed by atoms with Crippen LogP contribution in [0.25, 0.3) is 16.6 Å². The van der Waals surface area contributed by atoms with Crippen LogP contribution in [0.1, 0.15) is 10.4 Å². The molecule has 0 saturated heterocycles. The zero-order chi connectivity index (χ0) is 21.6. The highest BCUT2D eigenvalue weighted by Gasteiger charge is 2.15. The fourth-order valence-electron chi connectivity index (χ4n) is 3.12. The lowest BCUT2D eigenvalue weighted by atomic mass is 10.1. The summed E-state index contributed by atoms with van der Waals surface area (Å²) < 4.78 is 12.1. The predicted molar refractivity (Wildman–Crippen MR) is 121 cm³/mol. The van der Waals surface area contributed by atoms with Crippen molar-refractivity contribution in [2.24, 2.45) is 0 Å². The quantitative estimate of drug-likeness (QED) is 0.187. The van der Waals surface area contributed by atoms with Crippen LogP contribution in [0, 0.1) is 0 Å². The zero-order valence-electron chi connectivity index (χ0n) is 16.9. The van der Waals surface area contributed by atoms with Crippen LogP contribution in [0.5, 0.6) is 5.75 Å². The number of carbonyl (C=O) groups is 1. The van der Waals surface area contributed by atoms with Crippen molar-refractivity contribution in [1.29, 1.82) is 0 Å². The monoisotopic (exact) mass is 432 g/mol. The number of fused-ring (bicyclic) bond motifs is 1. The van der Waals surface area contributed by atoms with E-state index < -0.39 is 5.97 Å². The molecule has 0 bridgehead atoms. The Bertz CT molecular complexity index is 1260. The Labute approximate surface area is 183 Å². The van der Waals surface area contributed by atoms with E-state index in [4.69, 9.17) is 14.5 Å². The summed E-state index contributed by atoms with van der Waals surface area (Å²) in [6.45, 7) is 0.458. The van der Waals surface area contributed by atoms with Crippen LogP contribution >= 0.6 is 11.8 Å². The van der Waals surface area contributed by atoms with Gasteiger partial charge in [0.05, 0.1) is 35.9 Å². The number of carbonyl (C=O) groups excluding carboxylic acids is 1. The minimum absolute atomic E-state index is 0.195. The van der Waals surface area contributed by atoms with Gasteiger partial charge in [-0.1, -0.05) is 48.2 Å². The lowest BCUT2D eigenvalue weighted by Crippen LogP contribution is -2.22. The van der Waals surface area contributed by atoms with Gasteiger partial charge in [-0.05, 0) is 42.5 Å². The SMILES string of the molecule is COC(=O)c1ccc2c(=O)n(-c3ccccc3)c(SCCOc3ccccc3)nc2c1. The maximum atomic E-state index is 13.3. The minimum atomic E-state index is -0.471. The van der Waals surface area contributed by atoms with Gasteiger partial charge in [0.2, 0.25) is 0 Å². The Morgan fingerprint density at radius 1 is 1.00 bits per heavy atom. The molecule has 0 saturated carbocycles. The molecule has 0 aliphatic rings. The largest absolute Gasteiger partial charge is 0.493 e. The molecule has 0 unspecified atom stereocenters. The smallest absolute Gasteiger partial charge is 0.337 e. The highest BCUT2D eigenvalue weighted by atomic mass is 32.2. The molecule has 4 aromatic rings. The number of nitrogens with zero attached hydrogens (tertiary/aromatic N) is 2. The summed E-state index contributed by atoms with van der Waals surface area (Å²) in [5.74, 6) is 0.912. The number of hydrogen-bond donors (Lipinski definition) is 0. The van der Waals surface area contributed by atoms with E-state index in [1.807, 2.05) is 60.7 Å². The molecule has 0 aliphatic heterocycles. The number of para-hydroxylation sites is 2. The van der Waals surface area contributed by atoms with Gasteiger partial charge in [0.1, 0.15) is 5.75 Å². The summed E-state index contributed by atoms with van der Waals surface area (Å²) >= 11 is 1.42. The predicted octanol–water partition coefficient (Wildman–Crippen LogP) is 4.34. The summed E-state index contributed by atoms with van der Waals surface area (Å²) in [5, 5.41) is 0.962. The van der Waals surface area contributed by atoms with E-state index in [-0.39, 0.29) is 5.56 Å². The molecular formula is C24H20N2O4S. The molecule has 3 aromatic carbocycles. The zero-order valence-corrected chi connectivity index (χ0v) is 17.7. The molecule has 0 amide bonds. The first-order chi connectivity index (χ1) is 15.2. The molecule has 1 aromatic heterocycles. The van der Waals surface area contributed by atoms with Crippen molar-refractivity contribution in [2.45, 2.75) is 5.16 Å². The van der Waals surface area contributed by atoms with Crippen molar-refractivity contribution < 1.29 is 14.3 Å². The van der Waals surface area contributed by atoms with Gasteiger partial charge in [0.15, 0.2) is 5.16 Å². The number of benzene rings is 3. The van der Waals surface area contributed by atoms with Gasteiger partial charge in [-0.25, -0.2) is 9.78 Å². The molecule has 0 atom stereocenters. The van der Waals surface area contributed by atoms with Gasteiger partial charge in [0.25, 0.3) is 5.56 Å². The topological polar surface area (TPSA) is 70.4 Å². The van der Waals surface area contributed by atoms with Crippen molar-refractivity contribution in [3.8, 4) is 11.4 Å². The van der Waals surface area contributed by atoms with E-state index >= 15 is 0 Å². The molecule has 0 radical (unpaired) electrons. The Morgan fingerprint density at radius 3 is 2.42 bits per heavy atom. The van der Waals surface area contributed by atoms with E-state index in [1.165, 1.54) is 18.9 Å². The number of thioether (sulfide) groups is 1. The first-order valence-corrected chi connectivity index (χ1v) is 10.7. The number of aromatic nitrogens is 2. The van der Waals surface area contributed by atoms with Crippen LogP contribution in [-0.2, 0) is 4.74 Å². The lowest BCUT2D eigenvalue weighted by Gasteiger charge is -2.14. The van der Waals surface area contributed by atoms with Crippen LogP contribution in [0.2, 0.25) is 0 Å². The van der Waals surface area contributed by atoms with Crippen molar-refractivity contribution in [2.75, 3.05) is 19.5 Å². The Hall–Kier alpha value is -3.58. The molecule has 6 nitrogen and oxygen atoms in total. The van der Waals surface area contributed by atoms with Gasteiger partial charge in [-0.15, -0.1) is 0 Å². The maximum Gasteiger partial charge on any atom is 0.337 e. The third kappa shape index (κ3) is 4.62. The highest BCUT2D eigenvalue weighted by Crippen LogP contribution is 2.22. The Kier molecular flexibility index (Phi) is 6.33. The van der Waals surface area contributed by atoms with Crippen LogP contribution in [0.4, 0.5) is 0 Å². The van der Waals surface area contributed by atoms with Gasteiger partial charge in [-0.3, -0.25) is 9.36 Å². The Morgan fingerprint density at radius 2 is 1.71 bits per heavy atom. The third-order valence-electron chi connectivity index (χ3n) is 4.60. The van der Waals surface area contributed by atoms with Gasteiger partial charge >= 0.3 is 5.97 Å². The minimum Gasteiger partial charge on any atom is -0.493 e. The van der Waals surface area contributed by atoms with Crippen LogP contribution in [0.3, 0.4) is 0 Å². The number of rotatable bonds is 7. The second-order valence-electron chi connectivity index (χ2n) is 6.60. The molecule has 4 rings (SSSR count). The summed E-state index contributed by atoms with van der Waals surface area (Å²) in [4.78, 5) is 29.9. The van der Waals surface area contributed by atoms with E-state index in [0.717, 1.165) is 11.4 Å². The molecule has 7 heteroatoms. The number of esters is 1. The lowest BCUT2D eigenvalue weighted by molar-refractivity contribution is 0.0601. The third-order valence-corrected chi connectivity index (χ3v) is 5.50. The molecule has 0 spiro atoms. The first-order valence-electron chi connectivity index (χ1n) is 9.68. The second-order valence-corrected chi connectivity index (χ2v) is 7.67. The summed E-state index contributed by atoms with van der Waals surface area (Å²) in [6, 6.07) is 23.7. The highest BCUT2D eigenvalue weighted by molar-refractivity contribution is 7.99. The van der Waals surface area contributed by atoms with E-state index in [0.29, 0.717) is 34.0 Å². The fraction of sp³-hybridized carbons (Fsp3) is 0.125. The van der Waals surface area contributed by atoms with E-state index in [9.17, 15) is 9.59 Å². The number of methoxy groups -OCH3 is 1. The van der Waals surface area contributed by atoms with E-state index in [2.05, 4.69) is 0 Å². The fourth-order valence-corrected chi connectivity index (χ4v) is 3.95. The normalized spacial score (nSPS) is 10.7. The average Bonchev–Trinajstić information content (AvgIpc) is 2.82. The average molecular weight is 433 g/mol. The molecule has 31 heavy (non-hydrogen) atoms. The molecule has 1 heterocycles. The van der Waals surface area contributed by atoms with Crippen LogP contribution in [0.15, 0.2) is 88.8 Å². The molecule has 0 aliphatic carbocycles. The second kappa shape index (κ2) is 9.49. The van der Waals surface area contributed by atoms with Crippen LogP contribution < -0.4 is 10.3 Å². The van der Waals surface area contributed by atoms with Crippen molar-refractivity contribution in [3.05, 3.63) is 94.8 Å². The summed E-state index contributed by atoms with van der Waals surface area (Å²) in [5.41, 5.74) is 1.33.